The van der Waals surface area contributed by atoms with Gasteiger partial charge >= 0.3 is 6.18 Å². The summed E-state index contributed by atoms with van der Waals surface area (Å²) >= 11 is 0. The summed E-state index contributed by atoms with van der Waals surface area (Å²) in [5.41, 5.74) is -1.54. The van der Waals surface area contributed by atoms with Gasteiger partial charge in [-0.3, -0.25) is 57.5 Å². The SMILES string of the molecule is CC[C@H](C)[C@@H]1NC(=O)[C@H](C2CC2)N(C)C(=O)C[C@@H](C(=O)N(C)C)N(C)C(=O)[C@H](C2CCCC2)N(C)C(=O)C2(CCC2)N(C)C(=O)[C@@H]2CCCN2C(=O)[C@H](CCC2CC(F)C(C(F)(F)F)C(F)C2)NC(=O)CN(C)C(=O)[C@H](CC2CCC(C)CC2)N2CC/C=C\C[C@@H](C2=O)N(C)C(=O)CN(C)C1=O. The largest absolute Gasteiger partial charge is 0.397 e. The molecule has 7 fully saturated rings. The van der Waals surface area contributed by atoms with Gasteiger partial charge in [-0.05, 0) is 138 Å². The molecule has 1 spiro atoms. The molecule has 5 aliphatic carbocycles. The van der Waals surface area contributed by atoms with E-state index in [4.69, 9.17) is 0 Å². The zero-order valence-electron chi connectivity index (χ0n) is 62.0. The molecule has 102 heavy (non-hydrogen) atoms. The maximum atomic E-state index is 15.6. The van der Waals surface area contributed by atoms with Crippen molar-refractivity contribution in [1.29, 1.82) is 0 Å². The average molecular weight is 1450 g/mol. The highest BCUT2D eigenvalue weighted by atomic mass is 19.4. The Balaban J connectivity index is 1.17. The van der Waals surface area contributed by atoms with Crippen molar-refractivity contribution in [1.82, 2.24) is 59.6 Å². The van der Waals surface area contributed by atoms with Crippen molar-refractivity contribution in [3.05, 3.63) is 12.2 Å². The van der Waals surface area contributed by atoms with Crippen molar-refractivity contribution in [2.75, 3.05) is 89.6 Å². The molecule has 3 heterocycles. The van der Waals surface area contributed by atoms with E-state index in [-0.39, 0.29) is 76.3 Å². The van der Waals surface area contributed by atoms with Crippen LogP contribution in [0.15, 0.2) is 12.2 Å². The molecule has 0 aromatic heterocycles. The molecule has 2 unspecified atom stereocenters. The van der Waals surface area contributed by atoms with E-state index in [1.807, 2.05) is 13.0 Å². The molecular formula is C73H113F5N12O12. The van der Waals surface area contributed by atoms with Crippen LogP contribution in [0.1, 0.15) is 175 Å². The van der Waals surface area contributed by atoms with E-state index in [1.165, 1.54) is 108 Å². The van der Waals surface area contributed by atoms with Crippen LogP contribution in [0.5, 0.6) is 0 Å². The van der Waals surface area contributed by atoms with Crippen molar-refractivity contribution in [2.24, 2.45) is 41.4 Å². The van der Waals surface area contributed by atoms with E-state index < -0.39 is 199 Å². The number of nitrogens with zero attached hydrogens (tertiary/aromatic N) is 10. The lowest BCUT2D eigenvalue weighted by Crippen LogP contribution is -2.68. The number of hydrogen-bond acceptors (Lipinski definition) is 12. The molecule has 5 saturated carbocycles. The Kier molecular flexibility index (Phi) is 27.1. The van der Waals surface area contributed by atoms with Gasteiger partial charge in [0.2, 0.25) is 70.9 Å². The Morgan fingerprint density at radius 3 is 1.81 bits per heavy atom. The fraction of sp³-hybridized carbons (Fsp3) is 0.808. The minimum atomic E-state index is -5.16. The van der Waals surface area contributed by atoms with Crippen LogP contribution in [0.2, 0.25) is 0 Å². The summed E-state index contributed by atoms with van der Waals surface area (Å²) in [5, 5.41) is 5.65. The third kappa shape index (κ3) is 18.2. The molecule has 2 N–H and O–H groups in total. The lowest BCUT2D eigenvalue weighted by molar-refractivity contribution is -0.219. The molecule has 12 amide bonds. The molecule has 0 aromatic rings. The third-order valence-electron chi connectivity index (χ3n) is 24.2. The molecule has 11 atom stereocenters. The fourth-order valence-electron chi connectivity index (χ4n) is 17.1. The van der Waals surface area contributed by atoms with Gasteiger partial charge in [-0.2, -0.15) is 13.2 Å². The summed E-state index contributed by atoms with van der Waals surface area (Å²) in [5.74, 6) is -12.7. The van der Waals surface area contributed by atoms with E-state index in [2.05, 4.69) is 17.6 Å². The number of carbonyl (C=O) groups excluding carboxylic acids is 12. The molecule has 0 radical (unpaired) electrons. The number of rotatable bonds is 10. The molecule has 572 valence electrons. The first-order valence-corrected chi connectivity index (χ1v) is 37.3. The monoisotopic (exact) mass is 1440 g/mol. The van der Waals surface area contributed by atoms with Gasteiger partial charge in [-0.1, -0.05) is 77.9 Å². The summed E-state index contributed by atoms with van der Waals surface area (Å²) in [7, 11) is 12.9. The number of fused-ring (bicyclic) bond motifs is 3. The number of alkyl halides is 5. The molecule has 2 bridgehead atoms. The highest BCUT2D eigenvalue weighted by Gasteiger charge is 2.57. The Labute approximate surface area is 598 Å². The van der Waals surface area contributed by atoms with Gasteiger partial charge in [-0.25, -0.2) is 8.78 Å². The Morgan fingerprint density at radius 1 is 0.618 bits per heavy atom. The minimum Gasteiger partial charge on any atom is -0.347 e. The second-order valence-corrected chi connectivity index (χ2v) is 31.4. The molecule has 3 aliphatic heterocycles. The topological polar surface area (TPSA) is 261 Å². The molecule has 2 saturated heterocycles. The van der Waals surface area contributed by atoms with Gasteiger partial charge in [0.15, 0.2) is 0 Å². The van der Waals surface area contributed by atoms with E-state index >= 15 is 37.5 Å². The lowest BCUT2D eigenvalue weighted by Gasteiger charge is -2.51. The van der Waals surface area contributed by atoms with Gasteiger partial charge in [0.05, 0.1) is 19.5 Å². The van der Waals surface area contributed by atoms with Crippen LogP contribution >= 0.6 is 0 Å². The van der Waals surface area contributed by atoms with Crippen LogP contribution in [-0.2, 0) is 57.5 Å². The van der Waals surface area contributed by atoms with E-state index in [0.29, 0.717) is 50.9 Å². The van der Waals surface area contributed by atoms with Gasteiger partial charge in [0.25, 0.3) is 0 Å². The zero-order chi connectivity index (χ0) is 75.1. The quantitative estimate of drug-likeness (QED) is 0.203. The maximum absolute atomic E-state index is 15.6. The number of hydrogen-bond donors (Lipinski definition) is 2. The predicted molar refractivity (Wildman–Crippen MR) is 368 cm³/mol. The molecule has 8 rings (SSSR count). The maximum Gasteiger partial charge on any atom is 0.397 e. The van der Waals surface area contributed by atoms with E-state index in [9.17, 15) is 41.9 Å². The summed E-state index contributed by atoms with van der Waals surface area (Å²) in [6.07, 6.45) is -0.273. The number of nitrogens with one attached hydrogen (secondary N) is 2. The van der Waals surface area contributed by atoms with E-state index in [1.54, 1.807) is 13.0 Å². The number of halogens is 5. The van der Waals surface area contributed by atoms with Crippen molar-refractivity contribution < 1.29 is 79.5 Å². The van der Waals surface area contributed by atoms with Crippen LogP contribution in [0, 0.1) is 41.4 Å². The normalized spacial score (nSPS) is 33.0. The summed E-state index contributed by atoms with van der Waals surface area (Å²) in [6.45, 7) is 4.51. The van der Waals surface area contributed by atoms with Crippen LogP contribution in [0.25, 0.3) is 0 Å². The Bertz CT molecular complexity index is 3090. The Morgan fingerprint density at radius 2 is 1.24 bits per heavy atom. The van der Waals surface area contributed by atoms with Crippen molar-refractivity contribution in [3.8, 4) is 0 Å². The first-order valence-electron chi connectivity index (χ1n) is 37.3. The van der Waals surface area contributed by atoms with Crippen molar-refractivity contribution >= 4 is 70.9 Å². The number of amides is 12. The summed E-state index contributed by atoms with van der Waals surface area (Å²) in [6, 6.07) is -10.1. The molecular weight excluding hydrogens is 1330 g/mol. The fourth-order valence-corrected chi connectivity index (χ4v) is 17.1. The predicted octanol–water partition coefficient (Wildman–Crippen LogP) is 5.50. The lowest BCUT2D eigenvalue weighted by atomic mass is 9.73. The first-order chi connectivity index (χ1) is 48.0. The minimum absolute atomic E-state index is 0.0232. The summed E-state index contributed by atoms with van der Waals surface area (Å²) < 4.78 is 72.5. The zero-order valence-corrected chi connectivity index (χ0v) is 62.0. The molecule has 8 aliphatic rings. The van der Waals surface area contributed by atoms with Crippen LogP contribution in [-0.4, -0.2) is 282 Å². The van der Waals surface area contributed by atoms with Crippen molar-refractivity contribution in [3.63, 3.8) is 0 Å². The first kappa shape index (κ1) is 80.7. The number of likely N-dealkylation sites (N-methyl/N-ethyl adjacent to an activating group) is 8. The van der Waals surface area contributed by atoms with Gasteiger partial charge < -0.3 is 59.6 Å². The Hall–Kier alpha value is -6.97. The van der Waals surface area contributed by atoms with E-state index in [0.717, 1.165) is 43.4 Å². The van der Waals surface area contributed by atoms with Crippen LogP contribution < -0.4 is 10.6 Å². The smallest absolute Gasteiger partial charge is 0.347 e. The second-order valence-electron chi connectivity index (χ2n) is 31.4. The molecule has 0 aromatic carbocycles. The van der Waals surface area contributed by atoms with Crippen LogP contribution in [0.4, 0.5) is 22.0 Å². The highest BCUT2D eigenvalue weighted by molar-refractivity contribution is 6.01. The highest BCUT2D eigenvalue weighted by Crippen LogP contribution is 2.46. The van der Waals surface area contributed by atoms with Crippen LogP contribution in [0.3, 0.4) is 0 Å². The second kappa shape index (κ2) is 34.3. The van der Waals surface area contributed by atoms with Gasteiger partial charge in [-0.15, -0.1) is 0 Å². The molecule has 24 nitrogen and oxygen atoms in total. The standard InChI is InChI=1S/C73H113F5N12O12/c1-13-44(3)60-69(100)83(7)42-58(93)84(8)52-23-15-14-18-35-90(68(52)99)55(39-45-27-25-43(2)26-28-45)66(97)82(6)41-56(91)79-51(32-29-46-37-49(74)59(50(75)38-46)73(76,77)78)64(95)89-36-19-24-53(89)67(98)88(12)72(33-20-34-72)71(102)87(11)62(47-21-16-17-22-47)70(101)85(9)54(65(96)81(4)5)40-57(92)86(10)61(48-30-31-48)63(94)80-60/h14-15,43-55,59-62H,13,16-42H2,1-12H3,(H,79,91)(H,80,94)/b15-14-/t43?,44-,45?,46?,49?,50?,51-,52-,53-,54-,55-,59?,60-,61-,62-/m0/s1. The van der Waals surface area contributed by atoms with Gasteiger partial charge in [0, 0.05) is 76.5 Å². The molecule has 29 heteroatoms. The average Bonchev–Trinajstić information content (AvgIpc) is 1.00. The van der Waals surface area contributed by atoms with Crippen molar-refractivity contribution in [2.45, 2.75) is 247 Å². The number of carbonyl (C=O) groups is 12. The summed E-state index contributed by atoms with van der Waals surface area (Å²) in [4.78, 5) is 193. The third-order valence-corrected chi connectivity index (χ3v) is 24.2. The van der Waals surface area contributed by atoms with Gasteiger partial charge in [0.1, 0.15) is 72.1 Å².